The Balaban J connectivity index is 1.71. The van der Waals surface area contributed by atoms with Crippen LogP contribution in [-0.2, 0) is 4.74 Å². The van der Waals surface area contributed by atoms with E-state index in [9.17, 15) is 9.59 Å². The fourth-order valence-corrected chi connectivity index (χ4v) is 2.25. The number of nitrogens with one attached hydrogen (secondary N) is 1. The third kappa shape index (κ3) is 3.22. The van der Waals surface area contributed by atoms with Gasteiger partial charge in [0, 0.05) is 17.8 Å². The van der Waals surface area contributed by atoms with Gasteiger partial charge in [-0.25, -0.2) is 4.79 Å². The van der Waals surface area contributed by atoms with Gasteiger partial charge in [-0.1, -0.05) is 12.1 Å². The highest BCUT2D eigenvalue weighted by Crippen LogP contribution is 2.32. The number of allylic oxidation sites excluding steroid dienone is 1. The molecule has 0 fully saturated rings. The van der Waals surface area contributed by atoms with Gasteiger partial charge in [0.1, 0.15) is 0 Å². The molecule has 0 bridgehead atoms. The highest BCUT2D eigenvalue weighted by Gasteiger charge is 2.15. The third-order valence-electron chi connectivity index (χ3n) is 3.46. The summed E-state index contributed by atoms with van der Waals surface area (Å²) in [6.45, 7) is 0.161. The second-order valence-corrected chi connectivity index (χ2v) is 4.95. The minimum Gasteiger partial charge on any atom is -0.465 e. The first-order valence-corrected chi connectivity index (χ1v) is 7.23. The van der Waals surface area contributed by atoms with Crippen molar-refractivity contribution in [3.05, 3.63) is 65.9 Å². The molecule has 0 spiro atoms. The van der Waals surface area contributed by atoms with Crippen molar-refractivity contribution in [2.45, 2.75) is 0 Å². The molecule has 1 aliphatic rings. The molecular formula is C18H15NO5. The Hall–Kier alpha value is -3.28. The summed E-state index contributed by atoms with van der Waals surface area (Å²) in [6.07, 6.45) is 2.86. The van der Waals surface area contributed by atoms with Crippen molar-refractivity contribution in [2.75, 3.05) is 19.2 Å². The van der Waals surface area contributed by atoms with E-state index in [1.807, 2.05) is 0 Å². The molecule has 1 aliphatic heterocycles. The van der Waals surface area contributed by atoms with Crippen LogP contribution in [0.1, 0.15) is 20.7 Å². The Morgan fingerprint density at radius 1 is 1.12 bits per heavy atom. The number of carbonyl (C=O) groups excluding carboxylic acids is 2. The Labute approximate surface area is 138 Å². The zero-order chi connectivity index (χ0) is 16.9. The number of para-hydroxylation sites is 1. The van der Waals surface area contributed by atoms with Crippen molar-refractivity contribution in [3.8, 4) is 11.5 Å². The summed E-state index contributed by atoms with van der Waals surface area (Å²) in [6, 6.07) is 11.9. The molecular weight excluding hydrogens is 310 g/mol. The van der Waals surface area contributed by atoms with Gasteiger partial charge in [-0.3, -0.25) is 4.79 Å². The minimum atomic E-state index is -0.450. The molecule has 6 heteroatoms. The van der Waals surface area contributed by atoms with Crippen LogP contribution in [0.3, 0.4) is 0 Å². The Kier molecular flexibility index (Phi) is 4.47. The summed E-state index contributed by atoms with van der Waals surface area (Å²) in [5.74, 6) is 0.531. The topological polar surface area (TPSA) is 73.9 Å². The molecule has 0 aromatic heterocycles. The van der Waals surface area contributed by atoms with Gasteiger partial charge < -0.3 is 19.5 Å². The molecule has 3 rings (SSSR count). The van der Waals surface area contributed by atoms with Gasteiger partial charge in [0.2, 0.25) is 6.79 Å². The fraction of sp³-hybridized carbons (Fsp3) is 0.111. The molecule has 0 unspecified atom stereocenters. The monoisotopic (exact) mass is 325 g/mol. The number of methoxy groups -OCH3 is 1. The predicted octanol–water partition coefficient (Wildman–Crippen LogP) is 3.01. The first-order valence-electron chi connectivity index (χ1n) is 7.23. The van der Waals surface area contributed by atoms with Crippen LogP contribution in [0.4, 0.5) is 5.69 Å². The summed E-state index contributed by atoms with van der Waals surface area (Å²) in [5, 5.41) is 2.92. The maximum atomic E-state index is 12.2. The van der Waals surface area contributed by atoms with Gasteiger partial charge in [-0.2, -0.15) is 0 Å². The Bertz CT molecular complexity index is 813. The van der Waals surface area contributed by atoms with Gasteiger partial charge in [0.15, 0.2) is 17.3 Å². The maximum absolute atomic E-state index is 12.2. The second kappa shape index (κ2) is 6.87. The lowest BCUT2D eigenvalue weighted by atomic mass is 10.1. The molecule has 0 aliphatic carbocycles. The summed E-state index contributed by atoms with van der Waals surface area (Å²) in [5.41, 5.74) is 1.43. The van der Waals surface area contributed by atoms with Gasteiger partial charge >= 0.3 is 5.97 Å². The van der Waals surface area contributed by atoms with Gasteiger partial charge in [0.25, 0.3) is 0 Å². The molecule has 6 nitrogen and oxygen atoms in total. The summed E-state index contributed by atoms with van der Waals surface area (Å²) < 4.78 is 15.2. The normalized spacial score (nSPS) is 12.2. The van der Waals surface area contributed by atoms with Crippen molar-refractivity contribution in [1.29, 1.82) is 0 Å². The number of carbonyl (C=O) groups is 2. The molecule has 0 amide bonds. The number of rotatable bonds is 5. The maximum Gasteiger partial charge on any atom is 0.339 e. The lowest BCUT2D eigenvalue weighted by Gasteiger charge is -2.06. The number of fused-ring (bicyclic) bond motifs is 1. The van der Waals surface area contributed by atoms with E-state index in [-0.39, 0.29) is 12.6 Å². The van der Waals surface area contributed by atoms with Gasteiger partial charge in [-0.05, 0) is 30.3 Å². The number of benzene rings is 2. The molecule has 0 saturated heterocycles. The zero-order valence-corrected chi connectivity index (χ0v) is 12.9. The van der Waals surface area contributed by atoms with Crippen LogP contribution >= 0.6 is 0 Å². The highest BCUT2D eigenvalue weighted by atomic mass is 16.7. The van der Waals surface area contributed by atoms with Crippen LogP contribution in [0.15, 0.2) is 54.7 Å². The number of ether oxygens (including phenoxy) is 3. The van der Waals surface area contributed by atoms with Crippen molar-refractivity contribution in [2.24, 2.45) is 0 Å². The SMILES string of the molecule is COC(=O)c1ccccc1NC=CC(=O)c1ccc2c(c1)OCO2. The average molecular weight is 325 g/mol. The fourth-order valence-electron chi connectivity index (χ4n) is 2.25. The van der Waals surface area contributed by atoms with E-state index >= 15 is 0 Å². The third-order valence-corrected chi connectivity index (χ3v) is 3.46. The largest absolute Gasteiger partial charge is 0.465 e. The molecule has 0 atom stereocenters. The lowest BCUT2D eigenvalue weighted by molar-refractivity contribution is 0.0601. The lowest BCUT2D eigenvalue weighted by Crippen LogP contribution is -2.05. The summed E-state index contributed by atoms with van der Waals surface area (Å²) in [7, 11) is 1.32. The number of hydrogen-bond donors (Lipinski definition) is 1. The molecule has 1 heterocycles. The van der Waals surface area contributed by atoms with E-state index in [4.69, 9.17) is 14.2 Å². The van der Waals surface area contributed by atoms with Crippen LogP contribution in [0, 0.1) is 0 Å². The van der Waals surface area contributed by atoms with Crippen LogP contribution in [0.5, 0.6) is 11.5 Å². The first kappa shape index (κ1) is 15.6. The van der Waals surface area contributed by atoms with E-state index in [2.05, 4.69) is 5.32 Å². The highest BCUT2D eigenvalue weighted by molar-refractivity contribution is 6.05. The Morgan fingerprint density at radius 2 is 1.92 bits per heavy atom. The first-order chi connectivity index (χ1) is 11.7. The van der Waals surface area contributed by atoms with E-state index in [0.717, 1.165) is 0 Å². The van der Waals surface area contributed by atoms with E-state index in [1.54, 1.807) is 42.5 Å². The quantitative estimate of drug-likeness (QED) is 0.517. The summed E-state index contributed by atoms with van der Waals surface area (Å²) >= 11 is 0. The number of hydrogen-bond acceptors (Lipinski definition) is 6. The second-order valence-electron chi connectivity index (χ2n) is 4.95. The molecule has 24 heavy (non-hydrogen) atoms. The molecule has 0 radical (unpaired) electrons. The van der Waals surface area contributed by atoms with E-state index in [1.165, 1.54) is 19.4 Å². The zero-order valence-electron chi connectivity index (χ0n) is 12.9. The number of ketones is 1. The van der Waals surface area contributed by atoms with Crippen LogP contribution in [0.2, 0.25) is 0 Å². The summed E-state index contributed by atoms with van der Waals surface area (Å²) in [4.78, 5) is 23.9. The molecule has 1 N–H and O–H groups in total. The Morgan fingerprint density at radius 3 is 2.75 bits per heavy atom. The molecule has 122 valence electrons. The minimum absolute atomic E-state index is 0.161. The average Bonchev–Trinajstić information content (AvgIpc) is 3.09. The van der Waals surface area contributed by atoms with Crippen LogP contribution in [-0.4, -0.2) is 25.7 Å². The molecule has 2 aromatic carbocycles. The predicted molar refractivity (Wildman–Crippen MR) is 87.4 cm³/mol. The number of esters is 1. The van der Waals surface area contributed by atoms with Crippen molar-refractivity contribution >= 4 is 17.4 Å². The van der Waals surface area contributed by atoms with Crippen LogP contribution in [0.25, 0.3) is 0 Å². The van der Waals surface area contributed by atoms with Gasteiger partial charge in [-0.15, -0.1) is 0 Å². The van der Waals surface area contributed by atoms with E-state index in [0.29, 0.717) is 28.3 Å². The number of anilines is 1. The van der Waals surface area contributed by atoms with Crippen molar-refractivity contribution in [3.63, 3.8) is 0 Å². The van der Waals surface area contributed by atoms with Crippen molar-refractivity contribution < 1.29 is 23.8 Å². The smallest absolute Gasteiger partial charge is 0.339 e. The van der Waals surface area contributed by atoms with Crippen molar-refractivity contribution in [1.82, 2.24) is 0 Å². The standard InChI is InChI=1S/C18H15NO5/c1-22-18(21)13-4-2-3-5-14(13)19-9-8-15(20)12-6-7-16-17(10-12)24-11-23-16/h2-10,19H,11H2,1H3. The van der Waals surface area contributed by atoms with E-state index < -0.39 is 5.97 Å². The van der Waals surface area contributed by atoms with Gasteiger partial charge in [0.05, 0.1) is 18.4 Å². The van der Waals surface area contributed by atoms with Crippen LogP contribution < -0.4 is 14.8 Å². The molecule has 2 aromatic rings. The molecule has 0 saturated carbocycles.